The number of carbonyl (C=O) groups is 2. The molecule has 0 bridgehead atoms. The van der Waals surface area contributed by atoms with Crippen molar-refractivity contribution >= 4 is 50.7 Å². The monoisotopic (exact) mass is 477 g/mol. The molecule has 3 aromatic rings. The number of para-hydroxylation sites is 1. The summed E-state index contributed by atoms with van der Waals surface area (Å²) in [6.07, 6.45) is 0. The third kappa shape index (κ3) is 5.25. The highest BCUT2D eigenvalue weighted by molar-refractivity contribution is 7.93. The van der Waals surface area contributed by atoms with Crippen LogP contribution in [0.15, 0.2) is 77.7 Å². The Bertz CT molecular complexity index is 1210. The lowest BCUT2D eigenvalue weighted by molar-refractivity contribution is 0.0474. The second-order valence-corrected chi connectivity index (χ2v) is 9.24. The zero-order chi connectivity index (χ0) is 22.6. The molecular formula is C22H17Cl2NO5S. The number of rotatable bonds is 7. The molecule has 31 heavy (non-hydrogen) atoms. The fourth-order valence-corrected chi connectivity index (χ4v) is 4.51. The van der Waals surface area contributed by atoms with Crippen molar-refractivity contribution in [2.75, 3.05) is 18.0 Å². The number of benzene rings is 3. The van der Waals surface area contributed by atoms with Gasteiger partial charge < -0.3 is 4.74 Å². The molecule has 0 heterocycles. The van der Waals surface area contributed by atoms with Gasteiger partial charge in [0.2, 0.25) is 0 Å². The Morgan fingerprint density at radius 2 is 1.52 bits per heavy atom. The third-order valence-corrected chi connectivity index (χ3v) is 6.94. The smallest absolute Gasteiger partial charge is 0.338 e. The molecule has 0 radical (unpaired) electrons. The van der Waals surface area contributed by atoms with Crippen molar-refractivity contribution in [1.29, 1.82) is 0 Å². The quantitative estimate of drug-likeness (QED) is 0.358. The normalized spacial score (nSPS) is 11.1. The van der Waals surface area contributed by atoms with E-state index in [1.54, 1.807) is 42.5 Å². The number of ketones is 1. The maximum Gasteiger partial charge on any atom is 0.338 e. The molecule has 6 nitrogen and oxygen atoms in total. The van der Waals surface area contributed by atoms with Crippen LogP contribution in [0.1, 0.15) is 20.7 Å². The molecule has 0 saturated carbocycles. The fraction of sp³-hybridized carbons (Fsp3) is 0.0909. The van der Waals surface area contributed by atoms with Gasteiger partial charge in [-0.3, -0.25) is 9.10 Å². The minimum absolute atomic E-state index is 0.0448. The molecule has 0 aliphatic rings. The number of hydrogen-bond acceptors (Lipinski definition) is 5. The lowest BCUT2D eigenvalue weighted by Gasteiger charge is -2.20. The Labute approximate surface area is 190 Å². The van der Waals surface area contributed by atoms with E-state index in [0.29, 0.717) is 16.3 Å². The number of sulfonamides is 1. The van der Waals surface area contributed by atoms with Crippen LogP contribution in [0, 0.1) is 0 Å². The van der Waals surface area contributed by atoms with Crippen LogP contribution in [0.5, 0.6) is 0 Å². The van der Waals surface area contributed by atoms with Crippen LogP contribution in [0.25, 0.3) is 0 Å². The van der Waals surface area contributed by atoms with Crippen LogP contribution in [0.4, 0.5) is 5.69 Å². The standard InChI is InChI=1S/C22H17Cl2NO5S/c1-25(18-5-3-2-4-6-18)31(28,29)21-13-16(9-12-19(21)24)22(27)30-14-20(26)15-7-10-17(23)11-8-15/h2-13H,14H2,1H3. The number of ether oxygens (including phenoxy) is 1. The van der Waals surface area contributed by atoms with Crippen molar-refractivity contribution in [1.82, 2.24) is 0 Å². The molecule has 0 unspecified atom stereocenters. The van der Waals surface area contributed by atoms with Crippen LogP contribution in [-0.2, 0) is 14.8 Å². The van der Waals surface area contributed by atoms with Crippen molar-refractivity contribution in [3.05, 3.63) is 94.0 Å². The molecule has 9 heteroatoms. The molecule has 0 atom stereocenters. The molecule has 0 aliphatic carbocycles. The molecular weight excluding hydrogens is 461 g/mol. The molecule has 3 rings (SSSR count). The number of Topliss-reactive ketones (excluding diaryl/α,β-unsaturated/α-hetero) is 1. The third-order valence-electron chi connectivity index (χ3n) is 4.43. The second-order valence-electron chi connectivity index (χ2n) is 6.46. The van der Waals surface area contributed by atoms with E-state index < -0.39 is 28.4 Å². The van der Waals surface area contributed by atoms with Gasteiger partial charge in [0.15, 0.2) is 12.4 Å². The maximum absolute atomic E-state index is 13.0. The molecule has 0 N–H and O–H groups in total. The average Bonchev–Trinajstić information content (AvgIpc) is 2.78. The first-order valence-corrected chi connectivity index (χ1v) is 11.2. The van der Waals surface area contributed by atoms with E-state index in [4.69, 9.17) is 27.9 Å². The van der Waals surface area contributed by atoms with Gasteiger partial charge in [0.25, 0.3) is 10.0 Å². The van der Waals surface area contributed by atoms with Gasteiger partial charge in [-0.15, -0.1) is 0 Å². The minimum Gasteiger partial charge on any atom is -0.454 e. The highest BCUT2D eigenvalue weighted by Crippen LogP contribution is 2.28. The van der Waals surface area contributed by atoms with Crippen LogP contribution < -0.4 is 4.31 Å². The summed E-state index contributed by atoms with van der Waals surface area (Å²) in [6, 6.07) is 18.3. The van der Waals surface area contributed by atoms with Crippen molar-refractivity contribution < 1.29 is 22.7 Å². The Balaban J connectivity index is 1.79. The molecule has 0 saturated heterocycles. The first-order valence-electron chi connectivity index (χ1n) is 8.99. The Morgan fingerprint density at radius 1 is 0.903 bits per heavy atom. The van der Waals surface area contributed by atoms with Crippen LogP contribution in [0.3, 0.4) is 0 Å². The lowest BCUT2D eigenvalue weighted by Crippen LogP contribution is -2.27. The fourth-order valence-electron chi connectivity index (χ4n) is 2.69. The van der Waals surface area contributed by atoms with Crippen molar-refractivity contribution in [2.24, 2.45) is 0 Å². The Hall–Kier alpha value is -2.87. The number of halogens is 2. The van der Waals surface area contributed by atoms with Crippen LogP contribution in [-0.4, -0.2) is 33.8 Å². The summed E-state index contributed by atoms with van der Waals surface area (Å²) >= 11 is 11.9. The number of carbonyl (C=O) groups excluding carboxylic acids is 2. The summed E-state index contributed by atoms with van der Waals surface area (Å²) in [5.74, 6) is -1.27. The van der Waals surface area contributed by atoms with E-state index in [-0.39, 0.29) is 15.5 Å². The van der Waals surface area contributed by atoms with E-state index in [1.165, 1.54) is 31.3 Å². The molecule has 0 spiro atoms. The van der Waals surface area contributed by atoms with Crippen molar-refractivity contribution in [3.63, 3.8) is 0 Å². The van der Waals surface area contributed by atoms with Crippen molar-refractivity contribution in [2.45, 2.75) is 4.90 Å². The topological polar surface area (TPSA) is 80.8 Å². The summed E-state index contributed by atoms with van der Waals surface area (Å²) < 4.78 is 32.2. The van der Waals surface area contributed by atoms with E-state index in [1.807, 2.05) is 0 Å². The maximum atomic E-state index is 13.0. The SMILES string of the molecule is CN(c1ccccc1)S(=O)(=O)c1cc(C(=O)OCC(=O)c2ccc(Cl)cc2)ccc1Cl. The Morgan fingerprint density at radius 3 is 2.16 bits per heavy atom. The van der Waals surface area contributed by atoms with Crippen LogP contribution in [0.2, 0.25) is 10.0 Å². The van der Waals surface area contributed by atoms with Crippen molar-refractivity contribution in [3.8, 4) is 0 Å². The van der Waals surface area contributed by atoms with E-state index in [9.17, 15) is 18.0 Å². The van der Waals surface area contributed by atoms with E-state index in [2.05, 4.69) is 0 Å². The summed E-state index contributed by atoms with van der Waals surface area (Å²) in [7, 11) is -2.66. The summed E-state index contributed by atoms with van der Waals surface area (Å²) in [5.41, 5.74) is 0.717. The predicted molar refractivity (Wildman–Crippen MR) is 120 cm³/mol. The van der Waals surface area contributed by atoms with Gasteiger partial charge in [0, 0.05) is 17.6 Å². The highest BCUT2D eigenvalue weighted by Gasteiger charge is 2.26. The number of esters is 1. The number of anilines is 1. The largest absolute Gasteiger partial charge is 0.454 e. The van der Waals surface area contributed by atoms with E-state index in [0.717, 1.165) is 10.4 Å². The van der Waals surface area contributed by atoms with Crippen LogP contribution >= 0.6 is 23.2 Å². The van der Waals surface area contributed by atoms with Gasteiger partial charge in [-0.25, -0.2) is 13.2 Å². The molecule has 3 aromatic carbocycles. The van der Waals surface area contributed by atoms with Gasteiger partial charge in [-0.05, 0) is 54.6 Å². The zero-order valence-corrected chi connectivity index (χ0v) is 18.6. The molecule has 0 amide bonds. The summed E-state index contributed by atoms with van der Waals surface area (Å²) in [4.78, 5) is 24.3. The van der Waals surface area contributed by atoms with Gasteiger partial charge >= 0.3 is 5.97 Å². The molecule has 0 aromatic heterocycles. The molecule has 0 fully saturated rings. The van der Waals surface area contributed by atoms with Gasteiger partial charge in [0.05, 0.1) is 16.3 Å². The minimum atomic E-state index is -4.04. The summed E-state index contributed by atoms with van der Waals surface area (Å²) in [5, 5.41) is 0.431. The Kier molecular flexibility index (Phi) is 7.00. The van der Waals surface area contributed by atoms with Gasteiger partial charge in [0.1, 0.15) is 4.90 Å². The van der Waals surface area contributed by atoms with Gasteiger partial charge in [-0.2, -0.15) is 0 Å². The molecule has 0 aliphatic heterocycles. The predicted octanol–water partition coefficient (Wildman–Crippen LogP) is 4.86. The first kappa shape index (κ1) is 22.8. The zero-order valence-electron chi connectivity index (χ0n) is 16.3. The molecule has 160 valence electrons. The summed E-state index contributed by atoms with van der Waals surface area (Å²) in [6.45, 7) is -0.505. The number of hydrogen-bond donors (Lipinski definition) is 0. The number of nitrogens with zero attached hydrogens (tertiary/aromatic N) is 1. The van der Waals surface area contributed by atoms with Gasteiger partial charge in [-0.1, -0.05) is 41.4 Å². The second kappa shape index (κ2) is 9.51. The lowest BCUT2D eigenvalue weighted by atomic mass is 10.1. The van der Waals surface area contributed by atoms with E-state index >= 15 is 0 Å². The highest BCUT2D eigenvalue weighted by atomic mass is 35.5. The average molecular weight is 478 g/mol. The first-order chi connectivity index (χ1) is 14.7.